The summed E-state index contributed by atoms with van der Waals surface area (Å²) in [6.07, 6.45) is -2.38. The molecule has 17 N–H and O–H groups in total. The van der Waals surface area contributed by atoms with E-state index in [1.807, 2.05) is 0 Å². The maximum Gasteiger partial charge on any atom is 0.469 e. The highest BCUT2D eigenvalue weighted by Gasteiger charge is 2.42. The summed E-state index contributed by atoms with van der Waals surface area (Å²) in [5, 5.41) is 44.0. The second-order valence-corrected chi connectivity index (χ2v) is 16.5. The molecule has 1 fully saturated rings. The summed E-state index contributed by atoms with van der Waals surface area (Å²) in [5.41, 5.74) is 16.8. The first-order valence-corrected chi connectivity index (χ1v) is 22.1. The van der Waals surface area contributed by atoms with Crippen molar-refractivity contribution in [1.82, 2.24) is 36.8 Å². The second kappa shape index (κ2) is 27.1. The van der Waals surface area contributed by atoms with E-state index in [9.17, 15) is 72.8 Å². The Morgan fingerprint density at radius 1 is 0.831 bits per heavy atom. The van der Waals surface area contributed by atoms with Crippen molar-refractivity contribution in [3.63, 3.8) is 0 Å². The van der Waals surface area contributed by atoms with Crippen LogP contribution in [-0.4, -0.2) is 170 Å². The molecular formula is C38H61N10O16P. The van der Waals surface area contributed by atoms with Crippen molar-refractivity contribution in [3.05, 3.63) is 35.9 Å². The Balaban J connectivity index is 2.37. The molecule has 1 aromatic rings. The number of phosphoric acid groups is 1. The van der Waals surface area contributed by atoms with E-state index in [1.54, 1.807) is 30.3 Å². The lowest BCUT2D eigenvalue weighted by atomic mass is 10.0. The summed E-state index contributed by atoms with van der Waals surface area (Å²) in [6, 6.07) is -4.45. The molecule has 10 atom stereocenters. The van der Waals surface area contributed by atoms with Crippen LogP contribution in [0.2, 0.25) is 0 Å². The fourth-order valence-electron chi connectivity index (χ4n) is 6.48. The van der Waals surface area contributed by atoms with Crippen molar-refractivity contribution >= 4 is 61.4 Å². The highest BCUT2D eigenvalue weighted by atomic mass is 31.2. The highest BCUT2D eigenvalue weighted by Crippen LogP contribution is 2.36. The number of carbonyl (C=O) groups excluding carboxylic acids is 9. The molecule has 0 spiro atoms. The first-order chi connectivity index (χ1) is 30.5. The average Bonchev–Trinajstić information content (AvgIpc) is 3.74. The number of aliphatic hydroxyl groups is 3. The zero-order chi connectivity index (χ0) is 49.0. The van der Waals surface area contributed by atoms with Crippen LogP contribution in [0.4, 0.5) is 0 Å². The molecule has 8 amide bonds. The topological polar surface area (TPSA) is 435 Å². The Morgan fingerprint density at radius 2 is 1.40 bits per heavy atom. The van der Waals surface area contributed by atoms with E-state index in [2.05, 4.69) is 36.4 Å². The lowest BCUT2D eigenvalue weighted by Crippen LogP contribution is -2.62. The SMILES string of the molecule is C[C@@H](O)[C@H](NC(=O)[C@@H](N)CO)C(=O)N[C@@H](COP(=O)(O)O)C(=O)N1CCC[C@H]1C(=O)N[C@H](C(=O)N[C@@H](Cc1ccccc1)C(=O)N[C@@H](CC(N)=O)C(=O)N[C@H](C=O)CCCCN)[C@@H](C)O. The number of hydrogen-bond acceptors (Lipinski definition) is 16. The molecule has 0 aromatic heterocycles. The summed E-state index contributed by atoms with van der Waals surface area (Å²) in [6.45, 7) is 0.379. The first kappa shape index (κ1) is 55.7. The Labute approximate surface area is 373 Å². The summed E-state index contributed by atoms with van der Waals surface area (Å²) in [5.74, 6) is -8.52. The van der Waals surface area contributed by atoms with Gasteiger partial charge in [-0.3, -0.25) is 42.9 Å². The van der Waals surface area contributed by atoms with Crippen LogP contribution >= 0.6 is 7.82 Å². The van der Waals surface area contributed by atoms with Crippen molar-refractivity contribution in [2.24, 2.45) is 17.2 Å². The zero-order valence-corrected chi connectivity index (χ0v) is 36.8. The van der Waals surface area contributed by atoms with Crippen LogP contribution in [0, 0.1) is 0 Å². The molecule has 0 radical (unpaired) electrons. The predicted molar refractivity (Wildman–Crippen MR) is 226 cm³/mol. The van der Waals surface area contributed by atoms with Gasteiger partial charge < -0.3 is 83.9 Å². The van der Waals surface area contributed by atoms with Gasteiger partial charge in [-0.15, -0.1) is 0 Å². The number of nitrogens with two attached hydrogens (primary N) is 3. The van der Waals surface area contributed by atoms with Gasteiger partial charge >= 0.3 is 7.82 Å². The molecule has 1 aromatic carbocycles. The van der Waals surface area contributed by atoms with Crippen LogP contribution in [0.25, 0.3) is 0 Å². The van der Waals surface area contributed by atoms with Crippen molar-refractivity contribution < 1.29 is 77.3 Å². The number of likely N-dealkylation sites (tertiary alicyclic amines) is 1. The van der Waals surface area contributed by atoms with Gasteiger partial charge in [0.25, 0.3) is 0 Å². The number of aliphatic hydroxyl groups excluding tert-OH is 3. The van der Waals surface area contributed by atoms with Gasteiger partial charge in [0.2, 0.25) is 47.3 Å². The second-order valence-electron chi connectivity index (χ2n) is 15.3. The summed E-state index contributed by atoms with van der Waals surface area (Å²) < 4.78 is 16.1. The van der Waals surface area contributed by atoms with Crippen LogP contribution in [0.5, 0.6) is 0 Å². The smallest absolute Gasteiger partial charge is 0.394 e. The van der Waals surface area contributed by atoms with Gasteiger partial charge in [-0.2, -0.15) is 0 Å². The molecular weight excluding hydrogens is 883 g/mol. The van der Waals surface area contributed by atoms with E-state index in [0.29, 0.717) is 31.2 Å². The number of phosphoric ester groups is 1. The van der Waals surface area contributed by atoms with Crippen molar-refractivity contribution in [3.8, 4) is 0 Å². The molecule has 65 heavy (non-hydrogen) atoms. The van der Waals surface area contributed by atoms with Crippen LogP contribution in [0.15, 0.2) is 30.3 Å². The van der Waals surface area contributed by atoms with E-state index in [0.717, 1.165) is 18.7 Å². The quantitative estimate of drug-likeness (QED) is 0.0211. The van der Waals surface area contributed by atoms with E-state index in [4.69, 9.17) is 17.2 Å². The summed E-state index contributed by atoms with van der Waals surface area (Å²) in [7, 11) is -5.29. The third-order valence-electron chi connectivity index (χ3n) is 9.94. The standard InChI is InChI=1S/C38H61N10O16P/c1-20(51)30(46-32(54)24(40)18-50)37(59)45-27(19-64-65(61,62)63)38(60)48-14-8-12-28(48)35(57)47-31(21(2)52)36(58)44-25(15-22-9-4-3-5-10-22)34(56)43-26(16-29(41)53)33(55)42-23(17-49)11-6-7-13-39/h3-5,9-10,17,20-21,23-28,30-31,50-52H,6-8,11-16,18-19,39-40H2,1-2H3,(H2,41,53)(H,42,55)(H,43,56)(H,44,58)(H,45,59)(H,46,54)(H,47,57)(H2,61,62,63)/t20-,21-,23+,24+,25+,26+,27+,28+,30+,31+/m1/s1. The molecule has 26 nitrogen and oxygen atoms in total. The zero-order valence-electron chi connectivity index (χ0n) is 35.9. The number of aldehydes is 1. The molecule has 364 valence electrons. The van der Waals surface area contributed by atoms with E-state index < -0.39 is 135 Å². The minimum atomic E-state index is -5.29. The molecule has 0 aliphatic carbocycles. The number of rotatable bonds is 28. The van der Waals surface area contributed by atoms with Gasteiger partial charge in [-0.05, 0) is 58.1 Å². The van der Waals surface area contributed by atoms with Crippen LogP contribution in [-0.2, 0) is 58.7 Å². The number of nitrogens with zero attached hydrogens (tertiary/aromatic N) is 1. The van der Waals surface area contributed by atoms with Gasteiger partial charge in [0.1, 0.15) is 48.6 Å². The number of amides is 8. The number of nitrogens with one attached hydrogen (secondary N) is 6. The normalized spacial score (nSPS) is 17.9. The minimum Gasteiger partial charge on any atom is -0.394 e. The van der Waals surface area contributed by atoms with Crippen LogP contribution in [0.3, 0.4) is 0 Å². The van der Waals surface area contributed by atoms with Crippen LogP contribution in [0.1, 0.15) is 57.9 Å². The molecule has 1 heterocycles. The number of benzene rings is 1. The first-order valence-electron chi connectivity index (χ1n) is 20.6. The Kier molecular flexibility index (Phi) is 23.2. The van der Waals surface area contributed by atoms with E-state index >= 15 is 0 Å². The number of unbranched alkanes of at least 4 members (excludes halogenated alkanes) is 1. The Morgan fingerprint density at radius 3 is 1.94 bits per heavy atom. The highest BCUT2D eigenvalue weighted by molar-refractivity contribution is 7.46. The largest absolute Gasteiger partial charge is 0.469 e. The molecule has 0 unspecified atom stereocenters. The lowest BCUT2D eigenvalue weighted by molar-refractivity contribution is -0.144. The van der Waals surface area contributed by atoms with E-state index in [-0.39, 0.29) is 32.2 Å². The monoisotopic (exact) mass is 944 g/mol. The van der Waals surface area contributed by atoms with Gasteiger partial charge in [-0.1, -0.05) is 30.3 Å². The Hall–Kier alpha value is -5.44. The molecule has 1 aliphatic heterocycles. The molecule has 1 aliphatic rings. The summed E-state index contributed by atoms with van der Waals surface area (Å²) in [4.78, 5) is 137. The van der Waals surface area contributed by atoms with Crippen molar-refractivity contribution in [2.75, 3.05) is 26.3 Å². The Bertz CT molecular complexity index is 1850. The van der Waals surface area contributed by atoms with Gasteiger partial charge in [0.15, 0.2) is 0 Å². The van der Waals surface area contributed by atoms with Gasteiger partial charge in [-0.25, -0.2) is 4.57 Å². The third-order valence-corrected chi connectivity index (χ3v) is 10.4. The fourth-order valence-corrected chi connectivity index (χ4v) is 6.83. The molecule has 2 rings (SSSR count). The minimum absolute atomic E-state index is 0.0581. The molecule has 0 bridgehead atoms. The van der Waals surface area contributed by atoms with Gasteiger partial charge in [0.05, 0.1) is 37.9 Å². The molecule has 1 saturated heterocycles. The predicted octanol–water partition coefficient (Wildman–Crippen LogP) is -6.48. The van der Waals surface area contributed by atoms with Crippen LogP contribution < -0.4 is 49.1 Å². The summed E-state index contributed by atoms with van der Waals surface area (Å²) >= 11 is 0. The van der Waals surface area contributed by atoms with E-state index in [1.165, 1.54) is 0 Å². The maximum absolute atomic E-state index is 13.9. The lowest BCUT2D eigenvalue weighted by Gasteiger charge is -2.31. The molecule has 27 heteroatoms. The average molecular weight is 945 g/mol. The van der Waals surface area contributed by atoms with Gasteiger partial charge in [0, 0.05) is 13.0 Å². The maximum atomic E-state index is 13.9. The number of primary amides is 1. The fraction of sp³-hybridized carbons (Fsp3) is 0.605. The van der Waals surface area contributed by atoms with Crippen molar-refractivity contribution in [2.45, 2.75) is 119 Å². The third kappa shape index (κ3) is 18.9. The number of carbonyl (C=O) groups is 9. The molecule has 0 saturated carbocycles. The number of hydrogen-bond donors (Lipinski definition) is 14. The van der Waals surface area contributed by atoms with Crippen molar-refractivity contribution in [1.29, 1.82) is 0 Å².